The minimum Gasteiger partial charge on any atom is -0.272 e. The van der Waals surface area contributed by atoms with Gasteiger partial charge in [0.1, 0.15) is 11.6 Å². The van der Waals surface area contributed by atoms with Gasteiger partial charge in [-0.1, -0.05) is 43.6 Å². The number of halogens is 2. The topological polar surface area (TPSA) is 33.6 Å². The zero-order valence-electron chi connectivity index (χ0n) is 13.4. The van der Waals surface area contributed by atoms with Crippen LogP contribution in [0.4, 0.5) is 4.39 Å². The lowest BCUT2D eigenvalue weighted by molar-refractivity contribution is 0.611. The van der Waals surface area contributed by atoms with E-state index >= 15 is 0 Å². The van der Waals surface area contributed by atoms with Gasteiger partial charge in [-0.15, -0.1) is 0 Å². The molecule has 6 heteroatoms. The van der Waals surface area contributed by atoms with Gasteiger partial charge in [-0.3, -0.25) is 9.67 Å². The fourth-order valence-corrected chi connectivity index (χ4v) is 3.07. The van der Waals surface area contributed by atoms with Gasteiger partial charge in [0.15, 0.2) is 4.77 Å². The standard InChI is InChI=1S/C18H17ClFN3S/c1-11(2)12-6-8-13(9-7-12)23-17(21-22-18(23)24)10-14-15(19)4-3-5-16(14)20/h3-9,11H,10H2,1-2H3,(H,22,24). The lowest BCUT2D eigenvalue weighted by Gasteiger charge is -2.10. The minimum absolute atomic E-state index is 0.255. The summed E-state index contributed by atoms with van der Waals surface area (Å²) < 4.78 is 16.3. The lowest BCUT2D eigenvalue weighted by atomic mass is 10.0. The minimum atomic E-state index is -0.349. The SMILES string of the molecule is CC(C)c1ccc(-n2c(Cc3c(F)cccc3Cl)n[nH]c2=S)cc1. The third kappa shape index (κ3) is 3.28. The fourth-order valence-electron chi connectivity index (χ4n) is 2.58. The van der Waals surface area contributed by atoms with E-state index < -0.39 is 0 Å². The fraction of sp³-hybridized carbons (Fsp3) is 0.222. The molecule has 0 atom stereocenters. The van der Waals surface area contributed by atoms with Crippen LogP contribution in [0.2, 0.25) is 5.02 Å². The molecule has 1 heterocycles. The molecule has 24 heavy (non-hydrogen) atoms. The number of aromatic nitrogens is 3. The molecule has 0 amide bonds. The molecule has 3 aromatic rings. The second-order valence-corrected chi connectivity index (χ2v) is 6.70. The average Bonchev–Trinajstić information content (AvgIpc) is 2.92. The van der Waals surface area contributed by atoms with Gasteiger partial charge in [-0.25, -0.2) is 4.39 Å². The van der Waals surface area contributed by atoms with E-state index in [2.05, 4.69) is 36.2 Å². The molecule has 0 radical (unpaired) electrons. The number of rotatable bonds is 4. The van der Waals surface area contributed by atoms with E-state index in [1.165, 1.54) is 11.6 Å². The smallest absolute Gasteiger partial charge is 0.199 e. The van der Waals surface area contributed by atoms with E-state index in [0.29, 0.717) is 27.1 Å². The number of benzene rings is 2. The maximum absolute atomic E-state index is 14.1. The van der Waals surface area contributed by atoms with E-state index in [-0.39, 0.29) is 12.2 Å². The second kappa shape index (κ2) is 6.87. The first kappa shape index (κ1) is 16.9. The lowest BCUT2D eigenvalue weighted by Crippen LogP contribution is -2.04. The summed E-state index contributed by atoms with van der Waals surface area (Å²) in [6.07, 6.45) is 0.255. The quantitative estimate of drug-likeness (QED) is 0.628. The Morgan fingerprint density at radius 2 is 1.92 bits per heavy atom. The summed E-state index contributed by atoms with van der Waals surface area (Å²) in [4.78, 5) is 0. The molecule has 1 N–H and O–H groups in total. The summed E-state index contributed by atoms with van der Waals surface area (Å²) in [6, 6.07) is 12.8. The molecular formula is C18H17ClFN3S. The summed E-state index contributed by atoms with van der Waals surface area (Å²) in [7, 11) is 0. The van der Waals surface area contributed by atoms with Gasteiger partial charge in [0.2, 0.25) is 0 Å². The summed E-state index contributed by atoms with van der Waals surface area (Å²) in [6.45, 7) is 4.29. The van der Waals surface area contributed by atoms with Crippen LogP contribution < -0.4 is 0 Å². The van der Waals surface area contributed by atoms with Crippen LogP contribution in [0.1, 0.15) is 36.7 Å². The van der Waals surface area contributed by atoms with Crippen molar-refractivity contribution in [1.82, 2.24) is 14.8 Å². The van der Waals surface area contributed by atoms with Gasteiger partial charge in [0.05, 0.1) is 0 Å². The van der Waals surface area contributed by atoms with Crippen LogP contribution in [-0.4, -0.2) is 14.8 Å². The Morgan fingerprint density at radius 3 is 2.54 bits per heavy atom. The molecular weight excluding hydrogens is 345 g/mol. The second-order valence-electron chi connectivity index (χ2n) is 5.90. The Labute approximate surface area is 150 Å². The van der Waals surface area contributed by atoms with Crippen molar-refractivity contribution in [1.29, 1.82) is 0 Å². The first-order valence-electron chi connectivity index (χ1n) is 7.67. The number of hydrogen-bond donors (Lipinski definition) is 1. The first-order valence-corrected chi connectivity index (χ1v) is 8.45. The van der Waals surface area contributed by atoms with Crippen LogP contribution in [0, 0.1) is 10.6 Å². The van der Waals surface area contributed by atoms with Crippen LogP contribution in [0.5, 0.6) is 0 Å². The Kier molecular flexibility index (Phi) is 4.83. The van der Waals surface area contributed by atoms with Crippen LogP contribution >= 0.6 is 23.8 Å². The van der Waals surface area contributed by atoms with E-state index in [0.717, 1.165) is 5.69 Å². The molecule has 3 rings (SSSR count). The Bertz CT molecular complexity index is 893. The van der Waals surface area contributed by atoms with Crippen LogP contribution in [-0.2, 0) is 6.42 Å². The normalized spacial score (nSPS) is 11.2. The summed E-state index contributed by atoms with van der Waals surface area (Å²) in [5.74, 6) is 0.718. The monoisotopic (exact) mass is 361 g/mol. The maximum Gasteiger partial charge on any atom is 0.199 e. The van der Waals surface area contributed by atoms with Crippen molar-refractivity contribution in [2.24, 2.45) is 0 Å². The van der Waals surface area contributed by atoms with Crippen LogP contribution in [0.3, 0.4) is 0 Å². The van der Waals surface area contributed by atoms with Crippen molar-refractivity contribution in [2.75, 3.05) is 0 Å². The predicted octanol–water partition coefficient (Wildman–Crippen LogP) is 5.44. The average molecular weight is 362 g/mol. The Balaban J connectivity index is 2.02. The van der Waals surface area contributed by atoms with E-state index in [4.69, 9.17) is 23.8 Å². The van der Waals surface area contributed by atoms with Crippen LogP contribution in [0.15, 0.2) is 42.5 Å². The highest BCUT2D eigenvalue weighted by molar-refractivity contribution is 7.71. The highest BCUT2D eigenvalue weighted by atomic mass is 35.5. The summed E-state index contributed by atoms with van der Waals surface area (Å²) in [5, 5.41) is 7.41. The molecule has 1 aromatic heterocycles. The van der Waals surface area contributed by atoms with Gasteiger partial charge in [0.25, 0.3) is 0 Å². The van der Waals surface area contributed by atoms with Gasteiger partial charge >= 0.3 is 0 Å². The van der Waals surface area contributed by atoms with Crippen molar-refractivity contribution in [2.45, 2.75) is 26.2 Å². The van der Waals surface area contributed by atoms with Gasteiger partial charge in [-0.2, -0.15) is 5.10 Å². The highest BCUT2D eigenvalue weighted by Gasteiger charge is 2.14. The number of nitrogens with zero attached hydrogens (tertiary/aromatic N) is 2. The molecule has 0 saturated heterocycles. The first-order chi connectivity index (χ1) is 11.5. The van der Waals surface area contributed by atoms with Crippen molar-refractivity contribution in [3.05, 3.63) is 75.0 Å². The Morgan fingerprint density at radius 1 is 1.21 bits per heavy atom. The molecule has 124 valence electrons. The number of H-pyrrole nitrogens is 1. The largest absolute Gasteiger partial charge is 0.272 e. The maximum atomic E-state index is 14.1. The van der Waals surface area contributed by atoms with Gasteiger partial charge in [-0.05, 0) is 48.0 Å². The molecule has 3 nitrogen and oxygen atoms in total. The van der Waals surface area contributed by atoms with E-state index in [1.54, 1.807) is 12.1 Å². The van der Waals surface area contributed by atoms with Crippen LogP contribution in [0.25, 0.3) is 5.69 Å². The number of nitrogens with one attached hydrogen (secondary N) is 1. The van der Waals surface area contributed by atoms with Crippen molar-refractivity contribution in [3.63, 3.8) is 0 Å². The van der Waals surface area contributed by atoms with E-state index in [9.17, 15) is 4.39 Å². The molecule has 0 saturated carbocycles. The number of hydrogen-bond acceptors (Lipinski definition) is 2. The zero-order valence-corrected chi connectivity index (χ0v) is 15.0. The number of aromatic amines is 1. The molecule has 0 spiro atoms. The third-order valence-electron chi connectivity index (χ3n) is 3.96. The van der Waals surface area contributed by atoms with Crippen molar-refractivity contribution in [3.8, 4) is 5.69 Å². The van der Waals surface area contributed by atoms with Gasteiger partial charge < -0.3 is 0 Å². The third-order valence-corrected chi connectivity index (χ3v) is 4.58. The predicted molar refractivity (Wildman–Crippen MR) is 97.1 cm³/mol. The van der Waals surface area contributed by atoms with Gasteiger partial charge in [0, 0.05) is 22.7 Å². The molecule has 0 unspecified atom stereocenters. The van der Waals surface area contributed by atoms with Crippen molar-refractivity contribution >= 4 is 23.8 Å². The molecule has 2 aromatic carbocycles. The molecule has 0 aliphatic heterocycles. The molecule has 0 fully saturated rings. The summed E-state index contributed by atoms with van der Waals surface area (Å²) in [5.41, 5.74) is 2.54. The molecule has 0 bridgehead atoms. The highest BCUT2D eigenvalue weighted by Crippen LogP contribution is 2.23. The summed E-state index contributed by atoms with van der Waals surface area (Å²) >= 11 is 11.5. The molecule has 0 aliphatic carbocycles. The van der Waals surface area contributed by atoms with E-state index in [1.807, 2.05) is 16.7 Å². The van der Waals surface area contributed by atoms with Crippen molar-refractivity contribution < 1.29 is 4.39 Å². The zero-order chi connectivity index (χ0) is 17.3. The molecule has 0 aliphatic rings. The Hall–Kier alpha value is -1.98.